The van der Waals surface area contributed by atoms with Crippen LogP contribution in [0, 0.1) is 0 Å². The first-order valence-corrected chi connectivity index (χ1v) is 6.07. The zero-order valence-corrected chi connectivity index (χ0v) is 10.9. The van der Waals surface area contributed by atoms with Crippen LogP contribution in [0.15, 0.2) is 23.1 Å². The number of carboxylic acid groups (broad SMARTS) is 1. The first-order chi connectivity index (χ1) is 9.52. The molecule has 0 aromatic carbocycles. The number of H-pyrrole nitrogens is 1. The van der Waals surface area contributed by atoms with E-state index in [2.05, 4.69) is 15.0 Å². The van der Waals surface area contributed by atoms with Crippen molar-refractivity contribution in [3.05, 3.63) is 39.8 Å². The highest BCUT2D eigenvalue weighted by atomic mass is 16.4. The molecule has 0 saturated heterocycles. The normalized spacial score (nSPS) is 10.4. The van der Waals surface area contributed by atoms with Crippen LogP contribution in [-0.4, -0.2) is 26.0 Å². The average molecular weight is 274 g/mol. The van der Waals surface area contributed by atoms with Gasteiger partial charge in [0.1, 0.15) is 11.5 Å². The molecule has 0 aliphatic rings. The third-order valence-corrected chi connectivity index (χ3v) is 2.87. The van der Waals surface area contributed by atoms with E-state index in [4.69, 9.17) is 10.8 Å². The summed E-state index contributed by atoms with van der Waals surface area (Å²) in [6.45, 7) is 1.96. The van der Waals surface area contributed by atoms with Crippen molar-refractivity contribution in [2.24, 2.45) is 0 Å². The van der Waals surface area contributed by atoms with Gasteiger partial charge in [-0.2, -0.15) is 0 Å². The van der Waals surface area contributed by atoms with Gasteiger partial charge >= 0.3 is 5.97 Å². The van der Waals surface area contributed by atoms with Crippen LogP contribution in [0.3, 0.4) is 0 Å². The van der Waals surface area contributed by atoms with Crippen LogP contribution < -0.4 is 11.3 Å². The zero-order valence-electron chi connectivity index (χ0n) is 10.9. The monoisotopic (exact) mass is 274 g/mol. The Morgan fingerprint density at radius 1 is 1.50 bits per heavy atom. The third-order valence-electron chi connectivity index (χ3n) is 2.87. The second-order valence-electron chi connectivity index (χ2n) is 4.21. The maximum atomic E-state index is 11.9. The molecule has 0 amide bonds. The van der Waals surface area contributed by atoms with E-state index in [0.29, 0.717) is 5.69 Å². The van der Waals surface area contributed by atoms with Gasteiger partial charge in [-0.05, 0) is 18.1 Å². The molecule has 7 nitrogen and oxygen atoms in total. The van der Waals surface area contributed by atoms with Gasteiger partial charge in [0.15, 0.2) is 5.82 Å². The van der Waals surface area contributed by atoms with Crippen LogP contribution in [0.5, 0.6) is 0 Å². The summed E-state index contributed by atoms with van der Waals surface area (Å²) in [5.41, 5.74) is 6.54. The van der Waals surface area contributed by atoms with Crippen molar-refractivity contribution in [1.29, 1.82) is 0 Å². The molecule has 7 heteroatoms. The minimum atomic E-state index is -1.14. The predicted octanol–water partition coefficient (Wildman–Crippen LogP) is 0.604. The minimum Gasteiger partial charge on any atom is -0.481 e. The van der Waals surface area contributed by atoms with Gasteiger partial charge in [-0.15, -0.1) is 0 Å². The molecule has 2 rings (SSSR count). The summed E-state index contributed by atoms with van der Waals surface area (Å²) in [5.74, 6) is -0.971. The van der Waals surface area contributed by atoms with Gasteiger partial charge in [-0.3, -0.25) is 14.6 Å². The number of aromatic nitrogens is 3. The van der Waals surface area contributed by atoms with E-state index in [-0.39, 0.29) is 17.2 Å². The lowest BCUT2D eigenvalue weighted by molar-refractivity contribution is -0.136. The fourth-order valence-electron chi connectivity index (χ4n) is 1.89. The van der Waals surface area contributed by atoms with Crippen LogP contribution in [0.4, 0.5) is 5.82 Å². The predicted molar refractivity (Wildman–Crippen MR) is 73.2 cm³/mol. The summed E-state index contributed by atoms with van der Waals surface area (Å²) in [4.78, 5) is 33.4. The SMILES string of the molecule is CCc1cccnc1-c1nc(N)c(CC(=O)O)c(=O)[nH]1. The molecule has 2 aromatic heterocycles. The standard InChI is InChI=1S/C13H14N4O3/c1-2-7-4-3-5-15-10(7)12-16-11(14)8(6-9(18)19)13(20)17-12/h3-5H,2,6H2,1H3,(H,18,19)(H3,14,16,17,20). The maximum absolute atomic E-state index is 11.9. The molecule has 0 aliphatic carbocycles. The summed E-state index contributed by atoms with van der Waals surface area (Å²) >= 11 is 0. The summed E-state index contributed by atoms with van der Waals surface area (Å²) in [5, 5.41) is 8.74. The lowest BCUT2D eigenvalue weighted by atomic mass is 10.1. The number of hydrogen-bond acceptors (Lipinski definition) is 5. The zero-order chi connectivity index (χ0) is 14.7. The molecule has 20 heavy (non-hydrogen) atoms. The fourth-order valence-corrected chi connectivity index (χ4v) is 1.89. The maximum Gasteiger partial charge on any atom is 0.308 e. The molecular formula is C13H14N4O3. The third kappa shape index (κ3) is 2.66. The molecule has 0 fully saturated rings. The lowest BCUT2D eigenvalue weighted by Crippen LogP contribution is -2.21. The first-order valence-electron chi connectivity index (χ1n) is 6.07. The molecule has 0 spiro atoms. The number of nitrogen functional groups attached to an aromatic ring is 1. The summed E-state index contributed by atoms with van der Waals surface area (Å²) in [7, 11) is 0. The highest BCUT2D eigenvalue weighted by Gasteiger charge is 2.15. The van der Waals surface area contributed by atoms with Gasteiger partial charge in [0, 0.05) is 6.20 Å². The summed E-state index contributed by atoms with van der Waals surface area (Å²) < 4.78 is 0. The van der Waals surface area contributed by atoms with Gasteiger partial charge < -0.3 is 15.8 Å². The molecule has 104 valence electrons. The Bertz CT molecular complexity index is 709. The van der Waals surface area contributed by atoms with Crippen LogP contribution >= 0.6 is 0 Å². The van der Waals surface area contributed by atoms with Crippen LogP contribution in [0.2, 0.25) is 0 Å². The van der Waals surface area contributed by atoms with Crippen molar-refractivity contribution in [1.82, 2.24) is 15.0 Å². The lowest BCUT2D eigenvalue weighted by Gasteiger charge is -2.08. The van der Waals surface area contributed by atoms with Gasteiger partial charge in [0.25, 0.3) is 5.56 Å². The van der Waals surface area contributed by atoms with Crippen molar-refractivity contribution < 1.29 is 9.90 Å². The number of aryl methyl sites for hydroxylation is 1. The van der Waals surface area contributed by atoms with E-state index in [0.717, 1.165) is 12.0 Å². The molecule has 2 aromatic rings. The Balaban J connectivity index is 2.55. The van der Waals surface area contributed by atoms with E-state index >= 15 is 0 Å². The summed E-state index contributed by atoms with van der Waals surface area (Å²) in [6, 6.07) is 3.67. The van der Waals surface area contributed by atoms with Crippen molar-refractivity contribution >= 4 is 11.8 Å². The number of anilines is 1. The quantitative estimate of drug-likeness (QED) is 0.750. The molecule has 0 bridgehead atoms. The molecule has 0 saturated carbocycles. The van der Waals surface area contributed by atoms with Crippen molar-refractivity contribution in [2.45, 2.75) is 19.8 Å². The molecular weight excluding hydrogens is 260 g/mol. The minimum absolute atomic E-state index is 0.0461. The number of nitrogens with zero attached hydrogens (tertiary/aromatic N) is 2. The Morgan fingerprint density at radius 2 is 2.25 bits per heavy atom. The van der Waals surface area contributed by atoms with Gasteiger partial charge in [-0.25, -0.2) is 4.98 Å². The number of nitrogens with one attached hydrogen (secondary N) is 1. The highest BCUT2D eigenvalue weighted by molar-refractivity contribution is 5.72. The molecule has 0 unspecified atom stereocenters. The van der Waals surface area contributed by atoms with Crippen LogP contribution in [0.1, 0.15) is 18.1 Å². The van der Waals surface area contributed by atoms with Crippen molar-refractivity contribution in [2.75, 3.05) is 5.73 Å². The number of carboxylic acids is 1. The van der Waals surface area contributed by atoms with E-state index in [1.54, 1.807) is 12.3 Å². The molecule has 4 N–H and O–H groups in total. The Morgan fingerprint density at radius 3 is 2.85 bits per heavy atom. The summed E-state index contributed by atoms with van der Waals surface area (Å²) in [6.07, 6.45) is 1.86. The number of aromatic amines is 1. The number of aliphatic carboxylic acids is 1. The van der Waals surface area contributed by atoms with Gasteiger partial charge in [-0.1, -0.05) is 13.0 Å². The molecule has 2 heterocycles. The smallest absolute Gasteiger partial charge is 0.308 e. The largest absolute Gasteiger partial charge is 0.481 e. The highest BCUT2D eigenvalue weighted by Crippen LogP contribution is 2.18. The Kier molecular flexibility index (Phi) is 3.79. The van der Waals surface area contributed by atoms with Gasteiger partial charge in [0.2, 0.25) is 0 Å². The number of rotatable bonds is 4. The van der Waals surface area contributed by atoms with Crippen molar-refractivity contribution in [3.63, 3.8) is 0 Å². The van der Waals surface area contributed by atoms with Gasteiger partial charge in [0.05, 0.1) is 12.0 Å². The van der Waals surface area contributed by atoms with E-state index in [9.17, 15) is 9.59 Å². The Hall–Kier alpha value is -2.70. The molecule has 0 aliphatic heterocycles. The first kappa shape index (κ1) is 13.7. The number of hydrogen-bond donors (Lipinski definition) is 3. The Labute approximate surface area is 114 Å². The number of nitrogens with two attached hydrogens (primary N) is 1. The van der Waals surface area contributed by atoms with E-state index < -0.39 is 17.9 Å². The second-order valence-corrected chi connectivity index (χ2v) is 4.21. The second kappa shape index (κ2) is 5.52. The van der Waals surface area contributed by atoms with Crippen LogP contribution in [-0.2, 0) is 17.6 Å². The molecule has 0 atom stereocenters. The fraction of sp³-hybridized carbons (Fsp3) is 0.231. The average Bonchev–Trinajstić information content (AvgIpc) is 2.42. The topological polar surface area (TPSA) is 122 Å². The number of carbonyl (C=O) groups is 1. The van der Waals surface area contributed by atoms with E-state index in [1.165, 1.54) is 0 Å². The van der Waals surface area contributed by atoms with Crippen LogP contribution in [0.25, 0.3) is 11.5 Å². The molecule has 0 radical (unpaired) electrons. The number of pyridine rings is 1. The van der Waals surface area contributed by atoms with E-state index in [1.807, 2.05) is 13.0 Å². The van der Waals surface area contributed by atoms with Crippen molar-refractivity contribution in [3.8, 4) is 11.5 Å².